The van der Waals surface area contributed by atoms with Crippen LogP contribution in [0.5, 0.6) is 0 Å². The molecule has 0 saturated heterocycles. The minimum atomic E-state index is 0.0346. The second-order valence-corrected chi connectivity index (χ2v) is 8.21. The Morgan fingerprint density at radius 2 is 1.96 bits per heavy atom. The summed E-state index contributed by atoms with van der Waals surface area (Å²) in [4.78, 5) is 29.5. The van der Waals surface area contributed by atoms with Crippen molar-refractivity contribution in [3.05, 3.63) is 35.4 Å². The summed E-state index contributed by atoms with van der Waals surface area (Å²) < 4.78 is 5.18. The third-order valence-electron chi connectivity index (χ3n) is 6.40. The highest BCUT2D eigenvalue weighted by molar-refractivity contribution is 5.85. The molecule has 2 aliphatic rings. The Bertz CT molecular complexity index is 670. The van der Waals surface area contributed by atoms with Crippen molar-refractivity contribution < 1.29 is 14.3 Å². The van der Waals surface area contributed by atoms with Gasteiger partial charge >= 0.3 is 0 Å². The van der Waals surface area contributed by atoms with Crippen LogP contribution >= 0.6 is 0 Å². The van der Waals surface area contributed by atoms with Gasteiger partial charge in [-0.1, -0.05) is 49.9 Å². The molecule has 28 heavy (non-hydrogen) atoms. The van der Waals surface area contributed by atoms with Crippen LogP contribution < -0.4 is 0 Å². The lowest BCUT2D eigenvalue weighted by atomic mass is 9.93. The molecule has 1 aliphatic carbocycles. The van der Waals surface area contributed by atoms with Gasteiger partial charge in [-0.2, -0.15) is 0 Å². The van der Waals surface area contributed by atoms with Crippen molar-refractivity contribution in [3.8, 4) is 0 Å². The largest absolute Gasteiger partial charge is 0.383 e. The molecule has 2 amide bonds. The summed E-state index contributed by atoms with van der Waals surface area (Å²) in [7, 11) is 1.63. The van der Waals surface area contributed by atoms with Gasteiger partial charge < -0.3 is 14.5 Å². The molecule has 1 aromatic carbocycles. The number of ether oxygens (including phenoxy) is 1. The zero-order valence-electron chi connectivity index (χ0n) is 17.4. The maximum atomic E-state index is 13.0. The smallest absolute Gasteiger partial charge is 0.242 e. The first kappa shape index (κ1) is 20.8. The number of methoxy groups -OCH3 is 1. The SMILES string of the molecule is COCCN(CC(=O)N1CCc2ccccc2C1C)C(=O)CCC1CCCC1. The monoisotopic (exact) mass is 386 g/mol. The summed E-state index contributed by atoms with van der Waals surface area (Å²) in [5.74, 6) is 0.803. The van der Waals surface area contributed by atoms with E-state index in [1.807, 2.05) is 11.0 Å². The Hall–Kier alpha value is -1.88. The number of carbonyl (C=O) groups is 2. The Morgan fingerprint density at radius 3 is 2.71 bits per heavy atom. The molecule has 1 atom stereocenters. The van der Waals surface area contributed by atoms with Crippen LogP contribution in [-0.4, -0.2) is 55.0 Å². The molecule has 5 heteroatoms. The quantitative estimate of drug-likeness (QED) is 0.686. The minimum absolute atomic E-state index is 0.0346. The standard InChI is InChI=1S/C23H34N2O3/c1-18-21-10-6-5-9-20(21)13-14-25(18)23(27)17-24(15-16-28-2)22(26)12-11-19-7-3-4-8-19/h5-6,9-10,18-19H,3-4,7-8,11-17H2,1-2H3. The van der Waals surface area contributed by atoms with Gasteiger partial charge in [0, 0.05) is 26.6 Å². The lowest BCUT2D eigenvalue weighted by Gasteiger charge is -2.36. The average molecular weight is 387 g/mol. The van der Waals surface area contributed by atoms with E-state index >= 15 is 0 Å². The van der Waals surface area contributed by atoms with Crippen LogP contribution in [0.3, 0.4) is 0 Å². The Morgan fingerprint density at radius 1 is 1.21 bits per heavy atom. The van der Waals surface area contributed by atoms with Crippen molar-refractivity contribution in [1.29, 1.82) is 0 Å². The van der Waals surface area contributed by atoms with Crippen LogP contribution in [0.25, 0.3) is 0 Å². The topological polar surface area (TPSA) is 49.9 Å². The molecule has 0 radical (unpaired) electrons. The average Bonchev–Trinajstić information content (AvgIpc) is 3.23. The molecule has 3 rings (SSSR count). The molecule has 5 nitrogen and oxygen atoms in total. The van der Waals surface area contributed by atoms with Crippen molar-refractivity contribution in [1.82, 2.24) is 9.80 Å². The van der Waals surface area contributed by atoms with Crippen LogP contribution in [-0.2, 0) is 20.7 Å². The summed E-state index contributed by atoms with van der Waals surface area (Å²) >= 11 is 0. The van der Waals surface area contributed by atoms with E-state index in [1.54, 1.807) is 12.0 Å². The number of carbonyl (C=O) groups excluding carboxylic acids is 2. The van der Waals surface area contributed by atoms with Crippen molar-refractivity contribution in [2.24, 2.45) is 5.92 Å². The lowest BCUT2D eigenvalue weighted by Crippen LogP contribution is -2.46. The zero-order chi connectivity index (χ0) is 19.9. The van der Waals surface area contributed by atoms with E-state index in [4.69, 9.17) is 4.74 Å². The molecule has 1 fully saturated rings. The molecule has 1 heterocycles. The summed E-state index contributed by atoms with van der Waals surface area (Å²) in [5.41, 5.74) is 2.54. The summed E-state index contributed by atoms with van der Waals surface area (Å²) in [6, 6.07) is 8.38. The highest BCUT2D eigenvalue weighted by Gasteiger charge is 2.29. The number of nitrogens with zero attached hydrogens (tertiary/aromatic N) is 2. The maximum absolute atomic E-state index is 13.0. The number of rotatable bonds is 8. The first-order valence-electron chi connectivity index (χ1n) is 10.7. The predicted molar refractivity (Wildman–Crippen MR) is 110 cm³/mol. The van der Waals surface area contributed by atoms with Crippen LogP contribution in [0.1, 0.15) is 62.6 Å². The first-order chi connectivity index (χ1) is 13.6. The van der Waals surface area contributed by atoms with Gasteiger partial charge in [0.05, 0.1) is 19.2 Å². The second-order valence-electron chi connectivity index (χ2n) is 8.21. The molecule has 1 unspecified atom stereocenters. The molecule has 1 aromatic rings. The highest BCUT2D eigenvalue weighted by atomic mass is 16.5. The third-order valence-corrected chi connectivity index (χ3v) is 6.40. The summed E-state index contributed by atoms with van der Waals surface area (Å²) in [5, 5.41) is 0. The maximum Gasteiger partial charge on any atom is 0.242 e. The van der Waals surface area contributed by atoms with Gasteiger partial charge in [-0.15, -0.1) is 0 Å². The van der Waals surface area contributed by atoms with E-state index in [-0.39, 0.29) is 24.4 Å². The number of hydrogen-bond donors (Lipinski definition) is 0. The van der Waals surface area contributed by atoms with E-state index in [1.165, 1.54) is 36.8 Å². The van der Waals surface area contributed by atoms with Gasteiger partial charge in [-0.05, 0) is 36.8 Å². The first-order valence-corrected chi connectivity index (χ1v) is 10.7. The molecule has 0 aromatic heterocycles. The van der Waals surface area contributed by atoms with Crippen molar-refractivity contribution in [2.75, 3.05) is 33.4 Å². The zero-order valence-corrected chi connectivity index (χ0v) is 17.4. The number of benzene rings is 1. The molecule has 1 aliphatic heterocycles. The highest BCUT2D eigenvalue weighted by Crippen LogP contribution is 2.30. The minimum Gasteiger partial charge on any atom is -0.383 e. The van der Waals surface area contributed by atoms with Gasteiger partial charge in [0.25, 0.3) is 0 Å². The fourth-order valence-electron chi connectivity index (χ4n) is 4.64. The number of amides is 2. The van der Waals surface area contributed by atoms with E-state index < -0.39 is 0 Å². The molecule has 0 bridgehead atoms. The fraction of sp³-hybridized carbons (Fsp3) is 0.652. The van der Waals surface area contributed by atoms with Crippen molar-refractivity contribution in [3.63, 3.8) is 0 Å². The van der Waals surface area contributed by atoms with Crippen molar-refractivity contribution in [2.45, 2.75) is 57.9 Å². The van der Waals surface area contributed by atoms with Gasteiger partial charge in [0.2, 0.25) is 11.8 Å². The normalized spacial score (nSPS) is 19.5. The number of fused-ring (bicyclic) bond motifs is 1. The van der Waals surface area contributed by atoms with E-state index in [0.29, 0.717) is 32.0 Å². The van der Waals surface area contributed by atoms with Crippen molar-refractivity contribution >= 4 is 11.8 Å². The lowest BCUT2D eigenvalue weighted by molar-refractivity contribution is -0.142. The van der Waals surface area contributed by atoms with Gasteiger partial charge in [-0.3, -0.25) is 9.59 Å². The van der Waals surface area contributed by atoms with Gasteiger partial charge in [0.1, 0.15) is 0 Å². The van der Waals surface area contributed by atoms with E-state index in [0.717, 1.165) is 12.8 Å². The molecular formula is C23H34N2O3. The van der Waals surface area contributed by atoms with Gasteiger partial charge in [0.15, 0.2) is 0 Å². The predicted octanol–water partition coefficient (Wildman–Crippen LogP) is 3.58. The Labute approximate surface area is 169 Å². The third kappa shape index (κ3) is 5.13. The molecule has 1 saturated carbocycles. The molecular weight excluding hydrogens is 352 g/mol. The van der Waals surface area contributed by atoms with E-state index in [9.17, 15) is 9.59 Å². The number of hydrogen-bond acceptors (Lipinski definition) is 3. The summed E-state index contributed by atoms with van der Waals surface area (Å²) in [6.07, 6.45) is 7.44. The van der Waals surface area contributed by atoms with Crippen LogP contribution in [0, 0.1) is 5.92 Å². The molecule has 0 spiro atoms. The van der Waals surface area contributed by atoms with Crippen LogP contribution in [0.2, 0.25) is 0 Å². The fourth-order valence-corrected chi connectivity index (χ4v) is 4.64. The molecule has 0 N–H and O–H groups in total. The molecule has 154 valence electrons. The Kier molecular flexibility index (Phi) is 7.49. The van der Waals surface area contributed by atoms with Crippen LogP contribution in [0.4, 0.5) is 0 Å². The van der Waals surface area contributed by atoms with Crippen LogP contribution in [0.15, 0.2) is 24.3 Å². The Balaban J connectivity index is 1.59. The second kappa shape index (κ2) is 10.1. The van der Waals surface area contributed by atoms with E-state index in [2.05, 4.69) is 25.1 Å². The summed E-state index contributed by atoms with van der Waals surface area (Å²) in [6.45, 7) is 3.88. The van der Waals surface area contributed by atoms with Gasteiger partial charge in [-0.25, -0.2) is 0 Å².